The number of hydrogen-bond acceptors (Lipinski definition) is 4. The number of furan rings is 1. The van der Waals surface area contributed by atoms with Crippen molar-refractivity contribution in [3.05, 3.63) is 88.8 Å². The highest BCUT2D eigenvalue weighted by Crippen LogP contribution is 2.30. The Labute approximate surface area is 198 Å². The van der Waals surface area contributed by atoms with Crippen molar-refractivity contribution in [1.82, 2.24) is 9.88 Å². The quantitative estimate of drug-likeness (QED) is 0.364. The Hall–Kier alpha value is -3.31. The van der Waals surface area contributed by atoms with Gasteiger partial charge in [-0.05, 0) is 61.4 Å². The molecule has 4 aromatic rings. The average Bonchev–Trinajstić information content (AvgIpc) is 3.31. The monoisotopic (exact) mass is 459 g/mol. The number of fused-ring (bicyclic) bond motifs is 1. The molecule has 33 heavy (non-hydrogen) atoms. The fraction of sp³-hybridized carbons (Fsp3) is 0.259. The number of aryl methyl sites for hydroxylation is 1. The number of rotatable bonds is 5. The zero-order chi connectivity index (χ0) is 22.8. The molecule has 1 aliphatic rings. The first kappa shape index (κ1) is 21.5. The summed E-state index contributed by atoms with van der Waals surface area (Å²) >= 11 is 6.28. The molecule has 5 rings (SSSR count). The molecule has 1 N–H and O–H groups in total. The summed E-state index contributed by atoms with van der Waals surface area (Å²) in [5, 5.41) is 4.81. The average molecular weight is 460 g/mol. The minimum atomic E-state index is -0.0588. The number of nitrogens with zero attached hydrogens (tertiary/aromatic N) is 2. The van der Waals surface area contributed by atoms with Gasteiger partial charge >= 0.3 is 0 Å². The van der Waals surface area contributed by atoms with Crippen LogP contribution in [0.25, 0.3) is 11.0 Å². The van der Waals surface area contributed by atoms with Gasteiger partial charge < -0.3 is 14.6 Å². The van der Waals surface area contributed by atoms with Crippen LogP contribution in [0.1, 0.15) is 34.5 Å². The van der Waals surface area contributed by atoms with Crippen molar-refractivity contribution in [2.45, 2.75) is 26.2 Å². The number of amides is 1. The van der Waals surface area contributed by atoms with Crippen LogP contribution in [0.5, 0.6) is 0 Å². The van der Waals surface area contributed by atoms with E-state index < -0.39 is 0 Å². The number of carbonyl (C=O) groups is 1. The van der Waals surface area contributed by atoms with Gasteiger partial charge in [-0.1, -0.05) is 48.0 Å². The van der Waals surface area contributed by atoms with Crippen LogP contribution in [0.3, 0.4) is 0 Å². The molecule has 0 aliphatic carbocycles. The standard InChI is InChI=1S/C27H26ClN3O2/c1-18-7-8-21(16-23(18)28)29-26-22-11-14-33-25(22)17-24(30-26)27(32)31-12-9-20(10-13-31)15-19-5-3-2-4-6-19/h2-8,11,14,16-17,20H,9-10,12-13,15H2,1H3,(H,29,30). The Morgan fingerprint density at radius 3 is 2.67 bits per heavy atom. The van der Waals surface area contributed by atoms with Crippen molar-refractivity contribution in [1.29, 1.82) is 0 Å². The summed E-state index contributed by atoms with van der Waals surface area (Å²) in [7, 11) is 0. The molecular formula is C27H26ClN3O2. The van der Waals surface area contributed by atoms with E-state index in [1.54, 1.807) is 12.3 Å². The van der Waals surface area contributed by atoms with Crippen LogP contribution in [0.4, 0.5) is 11.5 Å². The van der Waals surface area contributed by atoms with E-state index in [1.807, 2.05) is 42.2 Å². The van der Waals surface area contributed by atoms with Gasteiger partial charge in [0.15, 0.2) is 0 Å². The Morgan fingerprint density at radius 1 is 1.12 bits per heavy atom. The maximum Gasteiger partial charge on any atom is 0.272 e. The molecule has 168 valence electrons. The number of pyridine rings is 1. The first-order valence-corrected chi connectivity index (χ1v) is 11.7. The van der Waals surface area contributed by atoms with E-state index in [4.69, 9.17) is 16.0 Å². The highest BCUT2D eigenvalue weighted by atomic mass is 35.5. The lowest BCUT2D eigenvalue weighted by molar-refractivity contribution is 0.0685. The van der Waals surface area contributed by atoms with Crippen LogP contribution in [0.15, 0.2) is 71.3 Å². The largest absolute Gasteiger partial charge is 0.464 e. The molecule has 1 amide bonds. The van der Waals surface area contributed by atoms with Gasteiger partial charge in [0.05, 0.1) is 11.6 Å². The van der Waals surface area contributed by atoms with Crippen LogP contribution >= 0.6 is 11.6 Å². The fourth-order valence-electron chi connectivity index (χ4n) is 4.43. The third kappa shape index (κ3) is 4.74. The lowest BCUT2D eigenvalue weighted by Gasteiger charge is -2.32. The summed E-state index contributed by atoms with van der Waals surface area (Å²) in [4.78, 5) is 19.9. The number of carbonyl (C=O) groups excluding carboxylic acids is 1. The molecule has 2 aromatic heterocycles. The second-order valence-corrected chi connectivity index (χ2v) is 9.11. The summed E-state index contributed by atoms with van der Waals surface area (Å²) < 4.78 is 5.62. The number of piperidine rings is 1. The Bertz CT molecular complexity index is 1280. The molecule has 0 atom stereocenters. The van der Waals surface area contributed by atoms with Gasteiger partial charge in [0.25, 0.3) is 5.91 Å². The van der Waals surface area contributed by atoms with E-state index in [0.717, 1.165) is 49.0 Å². The van der Waals surface area contributed by atoms with Gasteiger partial charge in [-0.25, -0.2) is 4.98 Å². The molecule has 2 aromatic carbocycles. The van der Waals surface area contributed by atoms with Gasteiger partial charge in [0, 0.05) is 29.9 Å². The normalized spacial score (nSPS) is 14.5. The van der Waals surface area contributed by atoms with Gasteiger partial charge in [-0.2, -0.15) is 0 Å². The van der Waals surface area contributed by atoms with Gasteiger partial charge in [0.1, 0.15) is 17.1 Å². The van der Waals surface area contributed by atoms with Crippen molar-refractivity contribution < 1.29 is 9.21 Å². The van der Waals surface area contributed by atoms with Crippen molar-refractivity contribution in [3.8, 4) is 0 Å². The predicted molar refractivity (Wildman–Crippen MR) is 132 cm³/mol. The second kappa shape index (κ2) is 9.28. The number of anilines is 2. The second-order valence-electron chi connectivity index (χ2n) is 8.70. The Balaban J connectivity index is 1.32. The smallest absolute Gasteiger partial charge is 0.272 e. The van der Waals surface area contributed by atoms with E-state index in [2.05, 4.69) is 34.6 Å². The fourth-order valence-corrected chi connectivity index (χ4v) is 4.61. The van der Waals surface area contributed by atoms with Crippen molar-refractivity contribution in [2.75, 3.05) is 18.4 Å². The third-order valence-electron chi connectivity index (χ3n) is 6.37. The van der Waals surface area contributed by atoms with Crippen molar-refractivity contribution in [3.63, 3.8) is 0 Å². The maximum atomic E-state index is 13.3. The van der Waals surface area contributed by atoms with Crippen LogP contribution in [-0.2, 0) is 6.42 Å². The molecule has 0 saturated carbocycles. The van der Waals surface area contributed by atoms with Crippen LogP contribution in [0, 0.1) is 12.8 Å². The summed E-state index contributed by atoms with van der Waals surface area (Å²) in [6, 6.07) is 19.9. The number of hydrogen-bond donors (Lipinski definition) is 1. The molecule has 1 aliphatic heterocycles. The van der Waals surface area contributed by atoms with Crippen LogP contribution in [0.2, 0.25) is 5.02 Å². The van der Waals surface area contributed by atoms with Gasteiger partial charge in [0.2, 0.25) is 0 Å². The first-order valence-electron chi connectivity index (χ1n) is 11.3. The minimum absolute atomic E-state index is 0.0588. The van der Waals surface area contributed by atoms with Crippen molar-refractivity contribution in [2.24, 2.45) is 5.92 Å². The molecule has 6 heteroatoms. The number of benzene rings is 2. The van der Waals surface area contributed by atoms with E-state index in [-0.39, 0.29) is 5.91 Å². The summed E-state index contributed by atoms with van der Waals surface area (Å²) in [5.74, 6) is 1.13. The Morgan fingerprint density at radius 2 is 1.91 bits per heavy atom. The minimum Gasteiger partial charge on any atom is -0.464 e. The van der Waals surface area contributed by atoms with E-state index in [1.165, 1.54) is 5.56 Å². The van der Waals surface area contributed by atoms with E-state index in [9.17, 15) is 4.79 Å². The SMILES string of the molecule is Cc1ccc(Nc2nc(C(=O)N3CCC(Cc4ccccc4)CC3)cc3occc23)cc1Cl. The molecule has 0 unspecified atom stereocenters. The number of nitrogens with one attached hydrogen (secondary N) is 1. The molecule has 3 heterocycles. The molecule has 1 fully saturated rings. The Kier molecular flexibility index (Phi) is 6.05. The topological polar surface area (TPSA) is 58.4 Å². The van der Waals surface area contributed by atoms with Gasteiger partial charge in [-0.3, -0.25) is 4.79 Å². The zero-order valence-electron chi connectivity index (χ0n) is 18.6. The predicted octanol–water partition coefficient (Wildman–Crippen LogP) is 6.63. The molecule has 0 spiro atoms. The van der Waals surface area contributed by atoms with E-state index >= 15 is 0 Å². The molecule has 0 radical (unpaired) electrons. The van der Waals surface area contributed by atoms with E-state index in [0.29, 0.717) is 28.0 Å². The van der Waals surface area contributed by atoms with Crippen LogP contribution in [-0.4, -0.2) is 28.9 Å². The molecule has 0 bridgehead atoms. The lowest BCUT2D eigenvalue weighted by atomic mass is 9.90. The highest BCUT2D eigenvalue weighted by molar-refractivity contribution is 6.31. The number of aromatic nitrogens is 1. The third-order valence-corrected chi connectivity index (χ3v) is 6.78. The summed E-state index contributed by atoms with van der Waals surface area (Å²) in [5.41, 5.74) is 4.20. The lowest BCUT2D eigenvalue weighted by Crippen LogP contribution is -2.39. The zero-order valence-corrected chi connectivity index (χ0v) is 19.3. The first-order chi connectivity index (χ1) is 16.1. The van der Waals surface area contributed by atoms with Crippen LogP contribution < -0.4 is 5.32 Å². The number of halogens is 1. The number of likely N-dealkylation sites (tertiary alicyclic amines) is 1. The van der Waals surface area contributed by atoms with Gasteiger partial charge in [-0.15, -0.1) is 0 Å². The summed E-state index contributed by atoms with van der Waals surface area (Å²) in [6.07, 6.45) is 4.67. The molecule has 5 nitrogen and oxygen atoms in total. The van der Waals surface area contributed by atoms with Crippen molar-refractivity contribution >= 4 is 40.0 Å². The molecular weight excluding hydrogens is 434 g/mol. The molecule has 1 saturated heterocycles. The summed E-state index contributed by atoms with van der Waals surface area (Å²) in [6.45, 7) is 3.44. The highest BCUT2D eigenvalue weighted by Gasteiger charge is 2.25. The maximum absolute atomic E-state index is 13.3.